The highest BCUT2D eigenvalue weighted by Crippen LogP contribution is 2.21. The lowest BCUT2D eigenvalue weighted by atomic mass is 9.95. The van der Waals surface area contributed by atoms with E-state index in [4.69, 9.17) is 19.9 Å². The predicted molar refractivity (Wildman–Crippen MR) is 83.5 cm³/mol. The van der Waals surface area contributed by atoms with E-state index in [2.05, 4.69) is 0 Å². The molecule has 0 amide bonds. The Morgan fingerprint density at radius 1 is 1.08 bits per heavy atom. The van der Waals surface area contributed by atoms with Crippen LogP contribution in [0.2, 0.25) is 0 Å². The number of carboxylic acid groups (broad SMARTS) is 2. The van der Waals surface area contributed by atoms with E-state index in [9.17, 15) is 24.6 Å². The predicted octanol–water partition coefficient (Wildman–Crippen LogP) is 0.397. The molecule has 0 spiro atoms. The molecule has 0 saturated heterocycles. The second-order valence-electron chi connectivity index (χ2n) is 6.16. The molecule has 1 unspecified atom stereocenters. The van der Waals surface area contributed by atoms with Gasteiger partial charge in [-0.3, -0.25) is 4.79 Å². The van der Waals surface area contributed by atoms with Crippen molar-refractivity contribution in [1.29, 1.82) is 0 Å². The zero-order chi connectivity index (χ0) is 19.0. The Labute approximate surface area is 141 Å². The zero-order valence-electron chi connectivity index (χ0n) is 14.5. The zero-order valence-corrected chi connectivity index (χ0v) is 14.5. The smallest absolute Gasteiger partial charge is 0.347 e. The molecule has 0 fully saturated rings. The highest BCUT2D eigenvalue weighted by Gasteiger charge is 2.48. The Bertz CT molecular complexity index is 429. The minimum atomic E-state index is -2.49. The van der Waals surface area contributed by atoms with Crippen LogP contribution in [0.5, 0.6) is 0 Å². The molecule has 9 heteroatoms. The van der Waals surface area contributed by atoms with E-state index < -0.39 is 41.6 Å². The highest BCUT2D eigenvalue weighted by atomic mass is 16.6. The molecule has 140 valence electrons. The van der Waals surface area contributed by atoms with E-state index >= 15 is 0 Å². The van der Waals surface area contributed by atoms with Crippen LogP contribution in [0.4, 0.5) is 0 Å². The van der Waals surface area contributed by atoms with Gasteiger partial charge in [0.1, 0.15) is 11.6 Å². The number of esters is 1. The molecule has 0 aliphatic carbocycles. The van der Waals surface area contributed by atoms with E-state index in [1.807, 2.05) is 0 Å². The first-order valence-corrected chi connectivity index (χ1v) is 7.63. The summed E-state index contributed by atoms with van der Waals surface area (Å²) in [5.74, 6) is -4.06. The van der Waals surface area contributed by atoms with Crippen molar-refractivity contribution in [3.63, 3.8) is 0 Å². The topological polar surface area (TPSA) is 145 Å². The monoisotopic (exact) mass is 349 g/mol. The SMILES string of the molecule is CCOCCOC(CCC(N)C(=O)OC(C)(C)C)(C(=O)O)C(=O)O. The minimum absolute atomic E-state index is 0.0525. The summed E-state index contributed by atoms with van der Waals surface area (Å²) in [6, 6.07) is -1.15. The van der Waals surface area contributed by atoms with Crippen LogP contribution in [0.25, 0.3) is 0 Å². The van der Waals surface area contributed by atoms with E-state index in [0.717, 1.165) is 0 Å². The fraction of sp³-hybridized carbons (Fsp3) is 0.800. The lowest BCUT2D eigenvalue weighted by Gasteiger charge is -2.27. The third-order valence-electron chi connectivity index (χ3n) is 2.99. The largest absolute Gasteiger partial charge is 0.479 e. The average molecular weight is 349 g/mol. The van der Waals surface area contributed by atoms with Gasteiger partial charge >= 0.3 is 17.9 Å². The summed E-state index contributed by atoms with van der Waals surface area (Å²) in [5, 5.41) is 18.6. The molecule has 0 aromatic carbocycles. The van der Waals surface area contributed by atoms with Crippen LogP contribution in [0.1, 0.15) is 40.5 Å². The number of carbonyl (C=O) groups is 3. The average Bonchev–Trinajstić information content (AvgIpc) is 2.43. The van der Waals surface area contributed by atoms with E-state index in [-0.39, 0.29) is 19.6 Å². The first kappa shape index (κ1) is 22.3. The standard InChI is InChI=1S/C15H27NO8/c1-5-22-8-9-23-15(12(18)19,13(20)21)7-6-10(16)11(17)24-14(2,3)4/h10H,5-9,16H2,1-4H3,(H,18,19)(H,20,21). The molecule has 0 rings (SSSR count). The number of nitrogens with two attached hydrogens (primary N) is 1. The second-order valence-corrected chi connectivity index (χ2v) is 6.16. The highest BCUT2D eigenvalue weighted by molar-refractivity contribution is 6.01. The van der Waals surface area contributed by atoms with Crippen molar-refractivity contribution in [1.82, 2.24) is 0 Å². The van der Waals surface area contributed by atoms with Gasteiger partial charge in [0.05, 0.1) is 13.2 Å². The van der Waals surface area contributed by atoms with Crippen LogP contribution in [-0.2, 0) is 28.6 Å². The van der Waals surface area contributed by atoms with Gasteiger partial charge in [0.2, 0.25) is 0 Å². The lowest BCUT2D eigenvalue weighted by molar-refractivity contribution is -0.187. The normalized spacial score (nSPS) is 13.4. The summed E-state index contributed by atoms with van der Waals surface area (Å²) < 4.78 is 15.1. The van der Waals surface area contributed by atoms with Gasteiger partial charge < -0.3 is 30.2 Å². The van der Waals surface area contributed by atoms with Crippen molar-refractivity contribution in [2.24, 2.45) is 5.73 Å². The third kappa shape index (κ3) is 7.24. The molecular formula is C15H27NO8. The fourth-order valence-corrected chi connectivity index (χ4v) is 1.77. The van der Waals surface area contributed by atoms with E-state index in [1.165, 1.54) is 0 Å². The number of carbonyl (C=O) groups excluding carboxylic acids is 1. The minimum Gasteiger partial charge on any atom is -0.479 e. The maximum absolute atomic E-state index is 11.8. The molecule has 0 aliphatic rings. The van der Waals surface area contributed by atoms with Crippen LogP contribution >= 0.6 is 0 Å². The van der Waals surface area contributed by atoms with E-state index in [1.54, 1.807) is 27.7 Å². The molecule has 0 aromatic rings. The van der Waals surface area contributed by atoms with E-state index in [0.29, 0.717) is 6.61 Å². The molecule has 0 aliphatic heterocycles. The Morgan fingerprint density at radius 3 is 2.04 bits per heavy atom. The van der Waals surface area contributed by atoms with Crippen LogP contribution in [-0.4, -0.2) is 65.2 Å². The van der Waals surface area contributed by atoms with Crippen LogP contribution in [0, 0.1) is 0 Å². The van der Waals surface area contributed by atoms with Gasteiger partial charge in [-0.05, 0) is 34.1 Å². The number of aliphatic carboxylic acids is 2. The number of ether oxygens (including phenoxy) is 3. The third-order valence-corrected chi connectivity index (χ3v) is 2.99. The van der Waals surface area contributed by atoms with Gasteiger partial charge in [0.15, 0.2) is 0 Å². The number of rotatable bonds is 11. The first-order valence-electron chi connectivity index (χ1n) is 7.63. The van der Waals surface area contributed by atoms with Crippen molar-refractivity contribution < 1.29 is 38.8 Å². The van der Waals surface area contributed by atoms with Crippen molar-refractivity contribution >= 4 is 17.9 Å². The summed E-state index contributed by atoms with van der Waals surface area (Å²) in [6.07, 6.45) is -0.702. The van der Waals surface area contributed by atoms with Gasteiger partial charge in [0.25, 0.3) is 5.60 Å². The Morgan fingerprint density at radius 2 is 1.62 bits per heavy atom. The fourth-order valence-electron chi connectivity index (χ4n) is 1.77. The number of hydrogen-bond donors (Lipinski definition) is 3. The molecule has 0 aromatic heterocycles. The lowest BCUT2D eigenvalue weighted by Crippen LogP contribution is -2.51. The summed E-state index contributed by atoms with van der Waals surface area (Å²) >= 11 is 0. The van der Waals surface area contributed by atoms with Crippen molar-refractivity contribution in [2.45, 2.75) is 57.8 Å². The van der Waals surface area contributed by atoms with Crippen molar-refractivity contribution in [3.8, 4) is 0 Å². The maximum atomic E-state index is 11.8. The molecule has 0 bridgehead atoms. The molecule has 1 atom stereocenters. The molecular weight excluding hydrogens is 322 g/mol. The van der Waals surface area contributed by atoms with Crippen molar-refractivity contribution in [2.75, 3.05) is 19.8 Å². The number of hydrogen-bond acceptors (Lipinski definition) is 7. The second kappa shape index (κ2) is 9.55. The summed E-state index contributed by atoms with van der Waals surface area (Å²) in [6.45, 7) is 6.94. The maximum Gasteiger partial charge on any atom is 0.347 e. The first-order chi connectivity index (χ1) is 11.0. The number of carboxylic acids is 2. The molecule has 0 heterocycles. The van der Waals surface area contributed by atoms with Crippen LogP contribution in [0.3, 0.4) is 0 Å². The summed E-state index contributed by atoms with van der Waals surface area (Å²) in [5.41, 5.74) is 2.43. The summed E-state index contributed by atoms with van der Waals surface area (Å²) in [7, 11) is 0. The van der Waals surface area contributed by atoms with Gasteiger partial charge in [-0.1, -0.05) is 0 Å². The summed E-state index contributed by atoms with van der Waals surface area (Å²) in [4.78, 5) is 34.7. The van der Waals surface area contributed by atoms with Crippen LogP contribution < -0.4 is 5.73 Å². The molecule has 24 heavy (non-hydrogen) atoms. The molecule has 0 saturated carbocycles. The molecule has 9 nitrogen and oxygen atoms in total. The molecule has 4 N–H and O–H groups in total. The van der Waals surface area contributed by atoms with Gasteiger partial charge in [-0.25, -0.2) is 9.59 Å². The Hall–Kier alpha value is -1.71. The van der Waals surface area contributed by atoms with Gasteiger partial charge in [-0.2, -0.15) is 0 Å². The van der Waals surface area contributed by atoms with Crippen LogP contribution in [0.15, 0.2) is 0 Å². The Kier molecular flexibility index (Phi) is 8.87. The Balaban J connectivity index is 4.91. The quantitative estimate of drug-likeness (QED) is 0.274. The molecule has 0 radical (unpaired) electrons. The van der Waals surface area contributed by atoms with Gasteiger partial charge in [-0.15, -0.1) is 0 Å². The van der Waals surface area contributed by atoms with Gasteiger partial charge in [0, 0.05) is 13.0 Å². The van der Waals surface area contributed by atoms with Crippen molar-refractivity contribution in [3.05, 3.63) is 0 Å².